The molecule has 2 rings (SSSR count). The summed E-state index contributed by atoms with van der Waals surface area (Å²) in [5, 5.41) is 3.17. The van der Waals surface area contributed by atoms with E-state index in [9.17, 15) is 4.79 Å². The van der Waals surface area contributed by atoms with Gasteiger partial charge in [0.05, 0.1) is 16.8 Å². The number of aryl methyl sites for hydroxylation is 1. The Balaban J connectivity index is 2.14. The highest BCUT2D eigenvalue weighted by Gasteiger charge is 2.11. The Labute approximate surface area is 97.2 Å². The van der Waals surface area contributed by atoms with Gasteiger partial charge in [-0.15, -0.1) is 0 Å². The first-order valence-electron chi connectivity index (χ1n) is 4.64. The molecule has 2 aromatic heterocycles. The molecule has 5 heteroatoms. The number of carbonyl (C=O) groups excluding carboxylic acids is 1. The number of rotatable bonds is 2. The number of halogens is 1. The Morgan fingerprint density at radius 1 is 1.44 bits per heavy atom. The fourth-order valence-corrected chi connectivity index (χ4v) is 1.37. The number of pyridine rings is 1. The van der Waals surface area contributed by atoms with Crippen LogP contribution in [0.2, 0.25) is 5.02 Å². The molecule has 0 unspecified atom stereocenters. The average molecular weight is 237 g/mol. The van der Waals surface area contributed by atoms with Crippen LogP contribution in [0.3, 0.4) is 0 Å². The van der Waals surface area contributed by atoms with E-state index in [4.69, 9.17) is 16.0 Å². The van der Waals surface area contributed by atoms with Gasteiger partial charge in [-0.1, -0.05) is 11.6 Å². The van der Waals surface area contributed by atoms with Crippen molar-refractivity contribution in [2.45, 2.75) is 6.92 Å². The number of hydrogen-bond acceptors (Lipinski definition) is 3. The largest absolute Gasteiger partial charge is 0.469 e. The monoisotopic (exact) mass is 236 g/mol. The second-order valence-electron chi connectivity index (χ2n) is 3.21. The molecule has 0 aliphatic heterocycles. The fourth-order valence-electron chi connectivity index (χ4n) is 1.25. The summed E-state index contributed by atoms with van der Waals surface area (Å²) in [5.41, 5.74) is 0.497. The van der Waals surface area contributed by atoms with E-state index >= 15 is 0 Å². The van der Waals surface area contributed by atoms with Gasteiger partial charge in [0.2, 0.25) is 0 Å². The molecule has 0 aliphatic carbocycles. The molecule has 0 saturated heterocycles. The smallest absolute Gasteiger partial charge is 0.260 e. The fraction of sp³-hybridized carbons (Fsp3) is 0.0909. The van der Waals surface area contributed by atoms with Crippen molar-refractivity contribution < 1.29 is 9.21 Å². The van der Waals surface area contributed by atoms with E-state index in [0.717, 1.165) is 0 Å². The maximum atomic E-state index is 11.7. The Kier molecular flexibility index (Phi) is 2.92. The molecule has 0 fully saturated rings. The molecule has 0 aliphatic rings. The number of aromatic nitrogens is 1. The van der Waals surface area contributed by atoms with Crippen molar-refractivity contribution in [1.29, 1.82) is 0 Å². The molecule has 0 radical (unpaired) electrons. The highest BCUT2D eigenvalue weighted by Crippen LogP contribution is 2.13. The third-order valence-corrected chi connectivity index (χ3v) is 2.30. The predicted octanol–water partition coefficient (Wildman–Crippen LogP) is 2.89. The van der Waals surface area contributed by atoms with Gasteiger partial charge in [-0.05, 0) is 25.1 Å². The van der Waals surface area contributed by atoms with E-state index < -0.39 is 0 Å². The minimum absolute atomic E-state index is 0.249. The van der Waals surface area contributed by atoms with E-state index in [0.29, 0.717) is 22.2 Å². The Morgan fingerprint density at radius 2 is 2.25 bits per heavy atom. The van der Waals surface area contributed by atoms with Crippen LogP contribution in [0.15, 0.2) is 35.1 Å². The van der Waals surface area contributed by atoms with Crippen molar-refractivity contribution in [2.24, 2.45) is 0 Å². The van der Waals surface area contributed by atoms with Crippen molar-refractivity contribution in [3.63, 3.8) is 0 Å². The summed E-state index contributed by atoms with van der Waals surface area (Å²) in [6, 6.07) is 4.91. The van der Waals surface area contributed by atoms with Crippen molar-refractivity contribution in [3.8, 4) is 0 Å². The summed E-state index contributed by atoms with van der Waals surface area (Å²) in [6.07, 6.45) is 2.94. The van der Waals surface area contributed by atoms with Crippen LogP contribution in [0, 0.1) is 6.92 Å². The second-order valence-corrected chi connectivity index (χ2v) is 3.64. The summed E-state index contributed by atoms with van der Waals surface area (Å²) < 4.78 is 5.04. The molecule has 2 aromatic rings. The first kappa shape index (κ1) is 10.7. The number of nitrogens with one attached hydrogen (secondary N) is 1. The SMILES string of the molecule is Cc1occc1C(=O)Nc1ccc(Cl)cn1. The molecule has 0 bridgehead atoms. The zero-order valence-corrected chi connectivity index (χ0v) is 9.28. The maximum absolute atomic E-state index is 11.7. The number of anilines is 1. The van der Waals surface area contributed by atoms with Crippen molar-refractivity contribution in [1.82, 2.24) is 4.98 Å². The van der Waals surface area contributed by atoms with Gasteiger partial charge < -0.3 is 9.73 Å². The molecule has 0 aromatic carbocycles. The molecular weight excluding hydrogens is 228 g/mol. The van der Waals surface area contributed by atoms with E-state index in [1.807, 2.05) is 0 Å². The maximum Gasteiger partial charge on any atom is 0.260 e. The van der Waals surface area contributed by atoms with Crippen molar-refractivity contribution >= 4 is 23.3 Å². The molecule has 4 nitrogen and oxygen atoms in total. The number of carbonyl (C=O) groups is 1. The van der Waals surface area contributed by atoms with E-state index in [1.54, 1.807) is 25.1 Å². The highest BCUT2D eigenvalue weighted by atomic mass is 35.5. The number of nitrogens with zero attached hydrogens (tertiary/aromatic N) is 1. The number of hydrogen-bond donors (Lipinski definition) is 1. The number of amides is 1. The summed E-state index contributed by atoms with van der Waals surface area (Å²) >= 11 is 5.68. The normalized spacial score (nSPS) is 10.1. The van der Waals surface area contributed by atoms with Gasteiger partial charge in [-0.2, -0.15) is 0 Å². The molecule has 0 atom stereocenters. The third kappa shape index (κ3) is 2.23. The van der Waals surface area contributed by atoms with Gasteiger partial charge in [0.15, 0.2) is 0 Å². The van der Waals surface area contributed by atoms with E-state index in [2.05, 4.69) is 10.3 Å². The van der Waals surface area contributed by atoms with Crippen LogP contribution < -0.4 is 5.32 Å². The van der Waals surface area contributed by atoms with Crippen LogP contribution in [0.4, 0.5) is 5.82 Å². The topological polar surface area (TPSA) is 55.1 Å². The molecule has 82 valence electrons. The van der Waals surface area contributed by atoms with Gasteiger partial charge in [-0.3, -0.25) is 4.79 Å². The Bertz CT molecular complexity index is 505. The lowest BCUT2D eigenvalue weighted by molar-refractivity contribution is 0.102. The second kappa shape index (κ2) is 4.37. The van der Waals surface area contributed by atoms with Crippen LogP contribution in [0.1, 0.15) is 16.1 Å². The van der Waals surface area contributed by atoms with Crippen LogP contribution in [-0.2, 0) is 0 Å². The minimum Gasteiger partial charge on any atom is -0.469 e. The lowest BCUT2D eigenvalue weighted by atomic mass is 10.2. The van der Waals surface area contributed by atoms with Crippen molar-refractivity contribution in [2.75, 3.05) is 5.32 Å². The Hall–Kier alpha value is -1.81. The lowest BCUT2D eigenvalue weighted by Crippen LogP contribution is -2.12. The molecule has 1 amide bonds. The lowest BCUT2D eigenvalue weighted by Gasteiger charge is -2.02. The molecule has 0 saturated carbocycles. The molecule has 0 spiro atoms. The zero-order chi connectivity index (χ0) is 11.5. The average Bonchev–Trinajstić information content (AvgIpc) is 2.68. The van der Waals surface area contributed by atoms with E-state index in [-0.39, 0.29) is 5.91 Å². The molecular formula is C11H9ClN2O2. The minimum atomic E-state index is -0.249. The van der Waals surface area contributed by atoms with Gasteiger partial charge in [-0.25, -0.2) is 4.98 Å². The third-order valence-electron chi connectivity index (χ3n) is 2.07. The van der Waals surface area contributed by atoms with Gasteiger partial charge in [0.25, 0.3) is 5.91 Å². The van der Waals surface area contributed by atoms with Crippen LogP contribution >= 0.6 is 11.6 Å². The molecule has 16 heavy (non-hydrogen) atoms. The quantitative estimate of drug-likeness (QED) is 0.872. The van der Waals surface area contributed by atoms with E-state index in [1.165, 1.54) is 12.5 Å². The summed E-state index contributed by atoms with van der Waals surface area (Å²) in [7, 11) is 0. The number of furan rings is 1. The van der Waals surface area contributed by atoms with Crippen LogP contribution in [0.5, 0.6) is 0 Å². The molecule has 1 N–H and O–H groups in total. The summed E-state index contributed by atoms with van der Waals surface area (Å²) in [5.74, 6) is 0.780. The highest BCUT2D eigenvalue weighted by molar-refractivity contribution is 6.30. The standard InChI is InChI=1S/C11H9ClN2O2/c1-7-9(4-5-16-7)11(15)14-10-3-2-8(12)6-13-10/h2-6H,1H3,(H,13,14,15). The summed E-state index contributed by atoms with van der Waals surface area (Å²) in [6.45, 7) is 1.73. The van der Waals surface area contributed by atoms with Crippen LogP contribution in [-0.4, -0.2) is 10.9 Å². The van der Waals surface area contributed by atoms with Gasteiger partial charge in [0, 0.05) is 6.20 Å². The first-order valence-corrected chi connectivity index (χ1v) is 5.01. The zero-order valence-electron chi connectivity index (χ0n) is 8.53. The first-order chi connectivity index (χ1) is 7.66. The molecule has 2 heterocycles. The summed E-state index contributed by atoms with van der Waals surface area (Å²) in [4.78, 5) is 15.7. The van der Waals surface area contributed by atoms with Crippen LogP contribution in [0.25, 0.3) is 0 Å². The van der Waals surface area contributed by atoms with Gasteiger partial charge in [0.1, 0.15) is 11.6 Å². The Morgan fingerprint density at radius 3 is 2.81 bits per heavy atom. The predicted molar refractivity (Wildman–Crippen MR) is 60.6 cm³/mol. The van der Waals surface area contributed by atoms with Crippen molar-refractivity contribution in [3.05, 3.63) is 47.0 Å². The van der Waals surface area contributed by atoms with Gasteiger partial charge >= 0.3 is 0 Å².